The normalized spacial score (nSPS) is 10.6. The molecular formula is C13H18BrClO. The number of hydrogen-bond donors (Lipinski definition) is 0. The van der Waals surface area contributed by atoms with Crippen molar-refractivity contribution in [3.63, 3.8) is 0 Å². The predicted octanol–water partition coefficient (Wildman–Crippen LogP) is 4.81. The molecule has 0 aliphatic heterocycles. The van der Waals surface area contributed by atoms with E-state index < -0.39 is 0 Å². The summed E-state index contributed by atoms with van der Waals surface area (Å²) in [5.74, 6) is 0. The van der Waals surface area contributed by atoms with E-state index in [1.807, 2.05) is 24.3 Å². The second kappa shape index (κ2) is 9.03. The van der Waals surface area contributed by atoms with Gasteiger partial charge in [0.2, 0.25) is 0 Å². The van der Waals surface area contributed by atoms with Gasteiger partial charge in [-0.05, 0) is 30.5 Å². The van der Waals surface area contributed by atoms with E-state index in [2.05, 4.69) is 15.9 Å². The molecule has 1 aromatic rings. The van der Waals surface area contributed by atoms with Gasteiger partial charge < -0.3 is 4.74 Å². The molecule has 0 saturated carbocycles. The summed E-state index contributed by atoms with van der Waals surface area (Å²) in [4.78, 5) is 0. The Kier molecular flexibility index (Phi) is 7.91. The van der Waals surface area contributed by atoms with Crippen LogP contribution in [0.15, 0.2) is 24.3 Å². The minimum absolute atomic E-state index is 0.690. The SMILES string of the molecule is Clc1ccc(COCCCCCCBr)cc1. The highest BCUT2D eigenvalue weighted by molar-refractivity contribution is 9.09. The van der Waals surface area contributed by atoms with Crippen LogP contribution in [0.2, 0.25) is 5.02 Å². The van der Waals surface area contributed by atoms with Gasteiger partial charge in [-0.1, -0.05) is 52.5 Å². The molecule has 0 fully saturated rings. The van der Waals surface area contributed by atoms with Crippen LogP contribution in [0.4, 0.5) is 0 Å². The van der Waals surface area contributed by atoms with E-state index in [-0.39, 0.29) is 0 Å². The Hall–Kier alpha value is -0.0500. The van der Waals surface area contributed by atoms with Gasteiger partial charge in [0.15, 0.2) is 0 Å². The van der Waals surface area contributed by atoms with Gasteiger partial charge in [0.1, 0.15) is 0 Å². The maximum absolute atomic E-state index is 5.80. The van der Waals surface area contributed by atoms with Crippen molar-refractivity contribution in [1.82, 2.24) is 0 Å². The quantitative estimate of drug-likeness (QED) is 0.494. The van der Waals surface area contributed by atoms with E-state index in [1.165, 1.54) is 24.8 Å². The topological polar surface area (TPSA) is 9.23 Å². The summed E-state index contributed by atoms with van der Waals surface area (Å²) in [7, 11) is 0. The number of rotatable bonds is 8. The molecule has 0 N–H and O–H groups in total. The third-order valence-electron chi connectivity index (χ3n) is 2.35. The molecule has 1 aromatic carbocycles. The Morgan fingerprint density at radius 2 is 1.69 bits per heavy atom. The summed E-state index contributed by atoms with van der Waals surface area (Å²) in [6.07, 6.45) is 4.96. The van der Waals surface area contributed by atoms with E-state index in [9.17, 15) is 0 Å². The van der Waals surface area contributed by atoms with Crippen molar-refractivity contribution in [2.24, 2.45) is 0 Å². The fraction of sp³-hybridized carbons (Fsp3) is 0.538. The van der Waals surface area contributed by atoms with Crippen molar-refractivity contribution in [1.29, 1.82) is 0 Å². The van der Waals surface area contributed by atoms with Crippen molar-refractivity contribution < 1.29 is 4.74 Å². The van der Waals surface area contributed by atoms with Gasteiger partial charge in [0.25, 0.3) is 0 Å². The molecule has 0 aliphatic carbocycles. The summed E-state index contributed by atoms with van der Waals surface area (Å²) in [5.41, 5.74) is 1.19. The number of alkyl halides is 1. The zero-order chi connectivity index (χ0) is 11.6. The lowest BCUT2D eigenvalue weighted by molar-refractivity contribution is 0.117. The van der Waals surface area contributed by atoms with Crippen molar-refractivity contribution in [2.45, 2.75) is 32.3 Å². The van der Waals surface area contributed by atoms with Crippen LogP contribution in [0, 0.1) is 0 Å². The van der Waals surface area contributed by atoms with Crippen molar-refractivity contribution in [2.75, 3.05) is 11.9 Å². The molecule has 0 saturated heterocycles. The fourth-order valence-corrected chi connectivity index (χ4v) is 1.95. The van der Waals surface area contributed by atoms with Gasteiger partial charge in [-0.2, -0.15) is 0 Å². The van der Waals surface area contributed by atoms with Crippen LogP contribution >= 0.6 is 27.5 Å². The van der Waals surface area contributed by atoms with Crippen molar-refractivity contribution in [3.05, 3.63) is 34.9 Å². The molecule has 1 rings (SSSR count). The maximum atomic E-state index is 5.80. The first kappa shape index (κ1) is 14.0. The Labute approximate surface area is 111 Å². The third-order valence-corrected chi connectivity index (χ3v) is 3.17. The highest BCUT2D eigenvalue weighted by atomic mass is 79.9. The van der Waals surface area contributed by atoms with E-state index >= 15 is 0 Å². The smallest absolute Gasteiger partial charge is 0.0716 e. The van der Waals surface area contributed by atoms with Gasteiger partial charge in [-0.15, -0.1) is 0 Å². The standard InChI is InChI=1S/C13H18BrClO/c14-9-3-1-2-4-10-16-11-12-5-7-13(15)8-6-12/h5-8H,1-4,9-11H2. The summed E-state index contributed by atoms with van der Waals surface area (Å²) in [6, 6.07) is 7.81. The van der Waals surface area contributed by atoms with Gasteiger partial charge >= 0.3 is 0 Å². The Morgan fingerprint density at radius 3 is 2.38 bits per heavy atom. The van der Waals surface area contributed by atoms with Gasteiger partial charge in [0, 0.05) is 17.0 Å². The predicted molar refractivity (Wildman–Crippen MR) is 73.4 cm³/mol. The van der Waals surface area contributed by atoms with E-state index in [0.29, 0.717) is 6.61 Å². The van der Waals surface area contributed by atoms with Crippen LogP contribution in [0.1, 0.15) is 31.2 Å². The number of ether oxygens (including phenoxy) is 1. The first-order valence-electron chi connectivity index (χ1n) is 5.71. The molecule has 0 unspecified atom stereocenters. The zero-order valence-electron chi connectivity index (χ0n) is 9.42. The summed E-state index contributed by atoms with van der Waals surface area (Å²) < 4.78 is 5.58. The molecule has 0 aromatic heterocycles. The minimum atomic E-state index is 0.690. The first-order valence-corrected chi connectivity index (χ1v) is 7.21. The Balaban J connectivity index is 2.01. The highest BCUT2D eigenvalue weighted by Gasteiger charge is 1.94. The largest absolute Gasteiger partial charge is 0.377 e. The Bertz CT molecular complexity index is 274. The van der Waals surface area contributed by atoms with Crippen LogP contribution < -0.4 is 0 Å². The molecule has 0 heterocycles. The van der Waals surface area contributed by atoms with Crippen LogP contribution in [-0.4, -0.2) is 11.9 Å². The first-order chi connectivity index (χ1) is 7.83. The van der Waals surface area contributed by atoms with Crippen LogP contribution in [0.3, 0.4) is 0 Å². The van der Waals surface area contributed by atoms with Gasteiger partial charge in [-0.3, -0.25) is 0 Å². The Morgan fingerprint density at radius 1 is 1.00 bits per heavy atom. The van der Waals surface area contributed by atoms with Crippen molar-refractivity contribution >= 4 is 27.5 Å². The second-order valence-electron chi connectivity index (χ2n) is 3.78. The molecule has 0 spiro atoms. The lowest BCUT2D eigenvalue weighted by atomic mass is 10.2. The lowest BCUT2D eigenvalue weighted by Gasteiger charge is -2.04. The average Bonchev–Trinajstić information content (AvgIpc) is 2.30. The lowest BCUT2D eigenvalue weighted by Crippen LogP contribution is -1.95. The van der Waals surface area contributed by atoms with Crippen molar-refractivity contribution in [3.8, 4) is 0 Å². The maximum Gasteiger partial charge on any atom is 0.0716 e. The number of benzene rings is 1. The molecule has 1 nitrogen and oxygen atoms in total. The number of hydrogen-bond acceptors (Lipinski definition) is 1. The summed E-state index contributed by atoms with van der Waals surface area (Å²) >= 11 is 9.23. The number of halogens is 2. The second-order valence-corrected chi connectivity index (χ2v) is 5.01. The zero-order valence-corrected chi connectivity index (χ0v) is 11.8. The molecule has 0 radical (unpaired) electrons. The molecule has 16 heavy (non-hydrogen) atoms. The van der Waals surface area contributed by atoms with Crippen LogP contribution in [0.25, 0.3) is 0 Å². The van der Waals surface area contributed by atoms with E-state index in [1.54, 1.807) is 0 Å². The fourth-order valence-electron chi connectivity index (χ4n) is 1.42. The molecule has 0 aliphatic rings. The summed E-state index contributed by atoms with van der Waals surface area (Å²) in [6.45, 7) is 1.54. The van der Waals surface area contributed by atoms with E-state index in [4.69, 9.17) is 16.3 Å². The monoisotopic (exact) mass is 304 g/mol. The average molecular weight is 306 g/mol. The molecule has 0 amide bonds. The van der Waals surface area contributed by atoms with Gasteiger partial charge in [-0.25, -0.2) is 0 Å². The molecular weight excluding hydrogens is 287 g/mol. The minimum Gasteiger partial charge on any atom is -0.377 e. The summed E-state index contributed by atoms with van der Waals surface area (Å²) in [5, 5.41) is 1.89. The highest BCUT2D eigenvalue weighted by Crippen LogP contribution is 2.10. The third kappa shape index (κ3) is 6.51. The molecule has 0 bridgehead atoms. The molecule has 3 heteroatoms. The molecule has 90 valence electrons. The van der Waals surface area contributed by atoms with Crippen LogP contribution in [0.5, 0.6) is 0 Å². The van der Waals surface area contributed by atoms with Gasteiger partial charge in [0.05, 0.1) is 6.61 Å². The molecule has 0 atom stereocenters. The van der Waals surface area contributed by atoms with Crippen LogP contribution in [-0.2, 0) is 11.3 Å². The number of unbranched alkanes of at least 4 members (excludes halogenated alkanes) is 3. The van der Waals surface area contributed by atoms with E-state index in [0.717, 1.165) is 23.4 Å².